The fourth-order valence-corrected chi connectivity index (χ4v) is 7.48. The molecule has 0 aliphatic heterocycles. The topological polar surface area (TPSA) is 57.4 Å². The second kappa shape index (κ2) is 9.79. The maximum absolute atomic E-state index is 9.76. The van der Waals surface area contributed by atoms with Gasteiger partial charge in [-0.1, -0.05) is 54.6 Å². The van der Waals surface area contributed by atoms with Crippen LogP contribution >= 0.6 is 0 Å². The molecule has 0 radical (unpaired) electrons. The van der Waals surface area contributed by atoms with Crippen molar-refractivity contribution in [1.29, 1.82) is 10.5 Å². The Balaban J connectivity index is 1.42. The molecule has 0 spiro atoms. The van der Waals surface area contributed by atoms with E-state index in [1.807, 2.05) is 18.2 Å². The Morgan fingerprint density at radius 3 is 2.50 bits per heavy atom. The number of hydrogen-bond acceptors (Lipinski definition) is 2. The maximum atomic E-state index is 9.76. The second-order valence-corrected chi connectivity index (χ2v) is 11.7. The van der Waals surface area contributed by atoms with E-state index in [1.54, 1.807) is 0 Å². The highest BCUT2D eigenvalue weighted by atomic mass is 15.0. The third kappa shape index (κ3) is 3.73. The lowest BCUT2D eigenvalue weighted by Crippen LogP contribution is -2.34. The standard InChI is InChI=1S/C38H30N4/c39-23-25-8-6-11-29(20-25)41-36-18-16-26(24-40)21-33(36)34-22-27(17-19-37(34)41)30-13-7-14-32-31-12-4-5-15-35(31)42(38(30)32)28-9-2-1-3-10-28/h1-2,4-6,8-9,12,14-19,21-22,25,29H,3,7,10-11,13,20H2/t25?,29-/m1/s1. The van der Waals surface area contributed by atoms with Crippen molar-refractivity contribution in [2.45, 2.75) is 44.6 Å². The fraction of sp³-hybridized carbons (Fsp3) is 0.211. The van der Waals surface area contributed by atoms with Crippen LogP contribution in [0.3, 0.4) is 0 Å². The molecular weight excluding hydrogens is 512 g/mol. The van der Waals surface area contributed by atoms with E-state index in [-0.39, 0.29) is 12.0 Å². The van der Waals surface area contributed by atoms with Crippen LogP contribution in [-0.2, 0) is 0 Å². The van der Waals surface area contributed by atoms with Crippen LogP contribution < -0.4 is 10.6 Å². The monoisotopic (exact) mass is 542 g/mol. The number of nitriles is 2. The van der Waals surface area contributed by atoms with Crippen molar-refractivity contribution in [2.75, 3.05) is 0 Å². The Kier molecular flexibility index (Phi) is 5.76. The summed E-state index contributed by atoms with van der Waals surface area (Å²) < 4.78 is 4.93. The molecule has 0 bridgehead atoms. The van der Waals surface area contributed by atoms with E-state index in [2.05, 4.69) is 100 Å². The molecule has 4 nitrogen and oxygen atoms in total. The van der Waals surface area contributed by atoms with E-state index in [0.29, 0.717) is 5.56 Å². The van der Waals surface area contributed by atoms with Crippen LogP contribution in [0, 0.1) is 28.6 Å². The maximum Gasteiger partial charge on any atom is 0.0991 e. The molecule has 3 aliphatic carbocycles. The normalized spacial score (nSPS) is 19.9. The molecule has 5 aromatic rings. The Labute approximate surface area is 244 Å². The summed E-state index contributed by atoms with van der Waals surface area (Å²) >= 11 is 0. The van der Waals surface area contributed by atoms with Crippen molar-refractivity contribution in [3.8, 4) is 12.1 Å². The van der Waals surface area contributed by atoms with Gasteiger partial charge in [-0.2, -0.15) is 10.5 Å². The molecule has 0 amide bonds. The van der Waals surface area contributed by atoms with Crippen molar-refractivity contribution in [1.82, 2.24) is 9.13 Å². The Hall–Kier alpha value is -5.06. The molecule has 3 aliphatic rings. The number of allylic oxidation sites excluding steroid dienone is 6. The molecule has 1 unspecified atom stereocenters. The summed E-state index contributed by atoms with van der Waals surface area (Å²) in [7, 11) is 0. The van der Waals surface area contributed by atoms with E-state index in [9.17, 15) is 10.5 Å². The summed E-state index contributed by atoms with van der Waals surface area (Å²) in [6.45, 7) is 0. The van der Waals surface area contributed by atoms with Gasteiger partial charge in [-0.25, -0.2) is 0 Å². The summed E-state index contributed by atoms with van der Waals surface area (Å²) in [5.74, 6) is -0.0766. The minimum absolute atomic E-state index is 0.0766. The first kappa shape index (κ1) is 24.7. The Bertz CT molecular complexity index is 2240. The Morgan fingerprint density at radius 1 is 0.810 bits per heavy atom. The van der Waals surface area contributed by atoms with Gasteiger partial charge in [-0.15, -0.1) is 0 Å². The van der Waals surface area contributed by atoms with Gasteiger partial charge in [0.15, 0.2) is 0 Å². The van der Waals surface area contributed by atoms with Crippen molar-refractivity contribution < 1.29 is 0 Å². The van der Waals surface area contributed by atoms with Gasteiger partial charge in [-0.3, -0.25) is 0 Å². The smallest absolute Gasteiger partial charge is 0.0991 e. The zero-order valence-corrected chi connectivity index (χ0v) is 23.4. The highest BCUT2D eigenvalue weighted by molar-refractivity contribution is 6.09. The predicted molar refractivity (Wildman–Crippen MR) is 171 cm³/mol. The van der Waals surface area contributed by atoms with Gasteiger partial charge < -0.3 is 9.13 Å². The zero-order valence-electron chi connectivity index (χ0n) is 23.4. The lowest BCUT2D eigenvalue weighted by Gasteiger charge is -2.24. The average molecular weight is 543 g/mol. The van der Waals surface area contributed by atoms with Crippen LogP contribution in [0.5, 0.6) is 0 Å². The molecule has 2 aromatic heterocycles. The first-order valence-electron chi connectivity index (χ1n) is 15.0. The predicted octanol–water partition coefficient (Wildman–Crippen LogP) is 7.62. The summed E-state index contributed by atoms with van der Waals surface area (Å²) in [6.07, 6.45) is 19.1. The van der Waals surface area contributed by atoms with Crippen LogP contribution in [0.15, 0.2) is 91.0 Å². The summed E-state index contributed by atoms with van der Waals surface area (Å²) in [5, 5.41) is 25.7. The molecule has 202 valence electrons. The molecular formula is C38H30N4. The van der Waals surface area contributed by atoms with Gasteiger partial charge in [0.25, 0.3) is 0 Å². The van der Waals surface area contributed by atoms with Gasteiger partial charge in [0.2, 0.25) is 0 Å². The van der Waals surface area contributed by atoms with Gasteiger partial charge in [-0.05, 0) is 92.1 Å². The van der Waals surface area contributed by atoms with Crippen LogP contribution in [0.2, 0.25) is 0 Å². The van der Waals surface area contributed by atoms with Crippen molar-refractivity contribution in [2.24, 2.45) is 5.92 Å². The quantitative estimate of drug-likeness (QED) is 0.220. The SMILES string of the molecule is N#Cc1ccc2c(c1)c1cc(C3=c4c(c5ccccc5n4C4=CC=CCC4)=CCC3)ccc1n2[C@@H]1CC=CC(C#N)C1. The highest BCUT2D eigenvalue weighted by Crippen LogP contribution is 2.39. The van der Waals surface area contributed by atoms with Crippen molar-refractivity contribution in [3.63, 3.8) is 0 Å². The van der Waals surface area contributed by atoms with E-state index < -0.39 is 0 Å². The van der Waals surface area contributed by atoms with Gasteiger partial charge in [0.05, 0.1) is 34.5 Å². The van der Waals surface area contributed by atoms with Crippen LogP contribution in [0.25, 0.3) is 50.1 Å². The van der Waals surface area contributed by atoms with Gasteiger partial charge in [0.1, 0.15) is 0 Å². The third-order valence-electron chi connectivity index (χ3n) is 9.33. The minimum Gasteiger partial charge on any atom is -0.337 e. The van der Waals surface area contributed by atoms with Crippen molar-refractivity contribution in [3.05, 3.63) is 113 Å². The molecule has 3 aromatic carbocycles. The molecule has 2 heterocycles. The number of hydrogen-bond donors (Lipinski definition) is 0. The van der Waals surface area contributed by atoms with Crippen LogP contribution in [0.1, 0.15) is 55.7 Å². The summed E-state index contributed by atoms with van der Waals surface area (Å²) in [4.78, 5) is 0. The molecule has 0 saturated heterocycles. The lowest BCUT2D eigenvalue weighted by atomic mass is 9.92. The van der Waals surface area contributed by atoms with E-state index in [1.165, 1.54) is 49.2 Å². The largest absolute Gasteiger partial charge is 0.337 e. The summed E-state index contributed by atoms with van der Waals surface area (Å²) in [6, 6.07) is 26.8. The molecule has 0 N–H and O–H groups in total. The van der Waals surface area contributed by atoms with Crippen molar-refractivity contribution >= 4 is 50.1 Å². The van der Waals surface area contributed by atoms with Gasteiger partial charge >= 0.3 is 0 Å². The fourth-order valence-electron chi connectivity index (χ4n) is 7.48. The molecule has 8 rings (SSSR count). The minimum atomic E-state index is -0.0766. The number of para-hydroxylation sites is 1. The Morgan fingerprint density at radius 2 is 1.67 bits per heavy atom. The molecule has 4 heteroatoms. The zero-order chi connectivity index (χ0) is 28.2. The molecule has 0 saturated carbocycles. The first-order chi connectivity index (χ1) is 20.7. The van der Waals surface area contributed by atoms with Crippen LogP contribution in [-0.4, -0.2) is 9.13 Å². The number of nitrogens with zero attached hydrogens (tertiary/aromatic N) is 4. The third-order valence-corrected chi connectivity index (χ3v) is 9.33. The van der Waals surface area contributed by atoms with E-state index in [4.69, 9.17) is 0 Å². The number of rotatable bonds is 3. The molecule has 42 heavy (non-hydrogen) atoms. The number of fused-ring (bicyclic) bond motifs is 6. The second-order valence-electron chi connectivity index (χ2n) is 11.7. The first-order valence-corrected chi connectivity index (χ1v) is 15.0. The van der Waals surface area contributed by atoms with E-state index >= 15 is 0 Å². The lowest BCUT2D eigenvalue weighted by molar-refractivity contribution is 0.447. The number of benzene rings is 3. The summed E-state index contributed by atoms with van der Waals surface area (Å²) in [5.41, 5.74) is 8.21. The molecule has 2 atom stereocenters. The highest BCUT2D eigenvalue weighted by Gasteiger charge is 2.24. The molecule has 0 fully saturated rings. The average Bonchev–Trinajstić information content (AvgIpc) is 3.57. The van der Waals surface area contributed by atoms with E-state index in [0.717, 1.165) is 49.4 Å². The van der Waals surface area contributed by atoms with Crippen LogP contribution in [0.4, 0.5) is 0 Å². The number of aromatic nitrogens is 2. The van der Waals surface area contributed by atoms with Gasteiger partial charge in [0, 0.05) is 44.1 Å².